The number of anilines is 1. The Balaban J connectivity index is 2.66. The lowest BCUT2D eigenvalue weighted by atomic mass is 10.1. The molecule has 7 nitrogen and oxygen atoms in total. The van der Waals surface area contributed by atoms with E-state index in [1.54, 1.807) is 0 Å². The Labute approximate surface area is 132 Å². The van der Waals surface area contributed by atoms with Gasteiger partial charge in [0.2, 0.25) is 15.9 Å². The molecule has 1 amide bonds. The summed E-state index contributed by atoms with van der Waals surface area (Å²) < 4.78 is 27.0. The van der Waals surface area contributed by atoms with Crippen LogP contribution in [0.4, 0.5) is 5.82 Å². The van der Waals surface area contributed by atoms with Crippen molar-refractivity contribution in [3.05, 3.63) is 16.7 Å². The van der Waals surface area contributed by atoms with E-state index >= 15 is 0 Å². The van der Waals surface area contributed by atoms with Crippen LogP contribution < -0.4 is 15.8 Å². The first-order valence-electron chi connectivity index (χ1n) is 6.23. The van der Waals surface area contributed by atoms with Crippen LogP contribution in [0.15, 0.2) is 21.6 Å². The molecule has 0 atom stereocenters. The number of nitrogens with two attached hydrogens (primary N) is 1. The van der Waals surface area contributed by atoms with Crippen molar-refractivity contribution in [3.8, 4) is 0 Å². The van der Waals surface area contributed by atoms with Gasteiger partial charge >= 0.3 is 0 Å². The molecule has 0 radical (unpaired) electrons. The lowest BCUT2D eigenvalue weighted by Gasteiger charge is -2.20. The first-order valence-corrected chi connectivity index (χ1v) is 8.50. The number of pyridine rings is 1. The van der Waals surface area contributed by atoms with Gasteiger partial charge in [-0.3, -0.25) is 4.79 Å². The van der Waals surface area contributed by atoms with Crippen LogP contribution in [0.5, 0.6) is 0 Å². The van der Waals surface area contributed by atoms with Crippen LogP contribution in [0.1, 0.15) is 27.2 Å². The highest BCUT2D eigenvalue weighted by Gasteiger charge is 2.19. The molecule has 0 unspecified atom stereocenters. The lowest BCUT2D eigenvalue weighted by molar-refractivity contribution is -0.122. The molecule has 1 aromatic heterocycles. The Morgan fingerprint density at radius 3 is 2.62 bits per heavy atom. The molecule has 0 aliphatic rings. The summed E-state index contributed by atoms with van der Waals surface area (Å²) in [5.74, 6) is -0.324. The van der Waals surface area contributed by atoms with Gasteiger partial charge in [-0.25, -0.2) is 18.1 Å². The summed E-state index contributed by atoms with van der Waals surface area (Å²) in [6.45, 7) is 5.53. The number of halogens is 1. The van der Waals surface area contributed by atoms with Crippen LogP contribution in [-0.2, 0) is 14.8 Å². The number of carbonyl (C=O) groups excluding carboxylic acids is 1. The fourth-order valence-corrected chi connectivity index (χ4v) is 3.12. The summed E-state index contributed by atoms with van der Waals surface area (Å²) in [6, 6.07) is 1.36. The molecule has 0 saturated heterocycles. The molecule has 0 aliphatic carbocycles. The number of hydrogen-bond donors (Lipinski definition) is 3. The van der Waals surface area contributed by atoms with Crippen molar-refractivity contribution >= 4 is 37.7 Å². The van der Waals surface area contributed by atoms with E-state index in [4.69, 9.17) is 5.73 Å². The third-order valence-electron chi connectivity index (χ3n) is 2.30. The highest BCUT2D eigenvalue weighted by Crippen LogP contribution is 2.20. The molecule has 0 aromatic carbocycles. The maximum atomic E-state index is 12.1. The fraction of sp³-hybridized carbons (Fsp3) is 0.500. The number of amides is 1. The van der Waals surface area contributed by atoms with Gasteiger partial charge in [0.05, 0.1) is 0 Å². The molecular formula is C12H19BrN4O3S. The summed E-state index contributed by atoms with van der Waals surface area (Å²) in [6.07, 6.45) is 1.45. The molecule has 1 heterocycles. The molecule has 9 heteroatoms. The van der Waals surface area contributed by atoms with Crippen molar-refractivity contribution in [2.45, 2.75) is 37.6 Å². The zero-order chi connectivity index (χ0) is 16.3. The number of nitrogens with one attached hydrogen (secondary N) is 2. The minimum absolute atomic E-state index is 0.0177. The van der Waals surface area contributed by atoms with Crippen LogP contribution in [0.25, 0.3) is 0 Å². The minimum atomic E-state index is -3.80. The summed E-state index contributed by atoms with van der Waals surface area (Å²) in [7, 11) is -3.80. The van der Waals surface area contributed by atoms with E-state index in [0.29, 0.717) is 4.47 Å². The van der Waals surface area contributed by atoms with E-state index < -0.39 is 10.0 Å². The molecule has 0 fully saturated rings. The summed E-state index contributed by atoms with van der Waals surface area (Å²) in [5, 5.41) is 2.75. The van der Waals surface area contributed by atoms with Crippen LogP contribution >= 0.6 is 15.9 Å². The normalized spacial score (nSPS) is 12.2. The first-order chi connectivity index (χ1) is 9.51. The zero-order valence-electron chi connectivity index (χ0n) is 12.1. The zero-order valence-corrected chi connectivity index (χ0v) is 14.5. The van der Waals surface area contributed by atoms with Gasteiger partial charge in [0.15, 0.2) is 0 Å². The predicted octanol–water partition coefficient (Wildman–Crippen LogP) is 1.01. The molecule has 1 rings (SSSR count). The summed E-state index contributed by atoms with van der Waals surface area (Å²) >= 11 is 3.14. The second kappa shape index (κ2) is 6.71. The summed E-state index contributed by atoms with van der Waals surface area (Å²) in [4.78, 5) is 15.3. The van der Waals surface area contributed by atoms with Gasteiger partial charge in [-0.05, 0) is 42.8 Å². The molecule has 118 valence electrons. The molecule has 0 saturated carbocycles. The largest absolute Gasteiger partial charge is 0.383 e. The second-order valence-corrected chi connectivity index (χ2v) is 8.13. The van der Waals surface area contributed by atoms with E-state index in [2.05, 4.69) is 31.0 Å². The highest BCUT2D eigenvalue weighted by atomic mass is 79.9. The van der Waals surface area contributed by atoms with E-state index in [0.717, 1.165) is 0 Å². The topological polar surface area (TPSA) is 114 Å². The summed E-state index contributed by atoms with van der Waals surface area (Å²) in [5.41, 5.74) is 5.21. The predicted molar refractivity (Wildman–Crippen MR) is 84.1 cm³/mol. The average molecular weight is 379 g/mol. The third-order valence-corrected chi connectivity index (χ3v) is 4.22. The van der Waals surface area contributed by atoms with Crippen molar-refractivity contribution in [2.24, 2.45) is 0 Å². The SMILES string of the molecule is CC(C)(C)NC(=O)CCNS(=O)(=O)c1cc(Br)cnc1N. The number of rotatable bonds is 5. The van der Waals surface area contributed by atoms with Gasteiger partial charge in [-0.15, -0.1) is 0 Å². The van der Waals surface area contributed by atoms with Crippen LogP contribution in [0.3, 0.4) is 0 Å². The lowest BCUT2D eigenvalue weighted by Crippen LogP contribution is -2.42. The maximum Gasteiger partial charge on any atom is 0.244 e. The van der Waals surface area contributed by atoms with Crippen LogP contribution in [-0.4, -0.2) is 31.4 Å². The Hall–Kier alpha value is -1.19. The number of nitrogen functional groups attached to an aromatic ring is 1. The van der Waals surface area contributed by atoms with Gasteiger partial charge in [-0.1, -0.05) is 0 Å². The van der Waals surface area contributed by atoms with Gasteiger partial charge < -0.3 is 11.1 Å². The van der Waals surface area contributed by atoms with E-state index in [1.807, 2.05) is 20.8 Å². The van der Waals surface area contributed by atoms with E-state index in [9.17, 15) is 13.2 Å². The number of sulfonamides is 1. The molecule has 4 N–H and O–H groups in total. The smallest absolute Gasteiger partial charge is 0.244 e. The van der Waals surface area contributed by atoms with E-state index in [-0.39, 0.29) is 35.1 Å². The van der Waals surface area contributed by atoms with Gasteiger partial charge in [0.25, 0.3) is 0 Å². The highest BCUT2D eigenvalue weighted by molar-refractivity contribution is 9.10. The molecule has 0 aliphatic heterocycles. The Kier molecular flexibility index (Phi) is 5.71. The third kappa shape index (κ3) is 5.98. The van der Waals surface area contributed by atoms with Crippen molar-refractivity contribution < 1.29 is 13.2 Å². The Morgan fingerprint density at radius 1 is 1.43 bits per heavy atom. The standard InChI is InChI=1S/C12H19BrN4O3S/c1-12(2,3)17-10(18)4-5-16-21(19,20)9-6-8(13)7-15-11(9)14/h6-7,16H,4-5H2,1-3H3,(H2,14,15)(H,17,18). The molecule has 1 aromatic rings. The first kappa shape index (κ1) is 17.9. The van der Waals surface area contributed by atoms with Gasteiger partial charge in [-0.2, -0.15) is 0 Å². The number of aromatic nitrogens is 1. The van der Waals surface area contributed by atoms with Crippen LogP contribution in [0.2, 0.25) is 0 Å². The second-order valence-electron chi connectivity index (χ2n) is 5.48. The minimum Gasteiger partial charge on any atom is -0.383 e. The monoisotopic (exact) mass is 378 g/mol. The number of carbonyl (C=O) groups is 1. The van der Waals surface area contributed by atoms with Crippen LogP contribution in [0, 0.1) is 0 Å². The maximum absolute atomic E-state index is 12.1. The average Bonchev–Trinajstić information content (AvgIpc) is 2.29. The Morgan fingerprint density at radius 2 is 2.05 bits per heavy atom. The van der Waals surface area contributed by atoms with Crippen molar-refractivity contribution in [1.82, 2.24) is 15.0 Å². The molecule has 0 bridgehead atoms. The van der Waals surface area contributed by atoms with E-state index in [1.165, 1.54) is 12.3 Å². The number of nitrogens with zero attached hydrogens (tertiary/aromatic N) is 1. The Bertz CT molecular complexity index is 626. The fourth-order valence-electron chi connectivity index (χ4n) is 1.50. The van der Waals surface area contributed by atoms with Crippen molar-refractivity contribution in [2.75, 3.05) is 12.3 Å². The molecule has 0 spiro atoms. The molecule has 21 heavy (non-hydrogen) atoms. The van der Waals surface area contributed by atoms with Crippen molar-refractivity contribution in [1.29, 1.82) is 0 Å². The molecular weight excluding hydrogens is 360 g/mol. The van der Waals surface area contributed by atoms with Gasteiger partial charge in [0, 0.05) is 29.2 Å². The number of hydrogen-bond acceptors (Lipinski definition) is 5. The quantitative estimate of drug-likeness (QED) is 0.707. The van der Waals surface area contributed by atoms with Gasteiger partial charge in [0.1, 0.15) is 10.7 Å². The van der Waals surface area contributed by atoms with Crippen molar-refractivity contribution in [3.63, 3.8) is 0 Å².